The van der Waals surface area contributed by atoms with Crippen molar-refractivity contribution in [2.24, 2.45) is 0 Å². The Hall–Kier alpha value is 2.63. The van der Waals surface area contributed by atoms with E-state index in [4.69, 9.17) is 5.73 Å². The van der Waals surface area contributed by atoms with Gasteiger partial charge in [-0.15, -0.1) is 5.69 Å². The van der Waals surface area contributed by atoms with E-state index >= 15 is 0 Å². The van der Waals surface area contributed by atoms with Crippen LogP contribution in [0, 0.1) is 6.92 Å². The third kappa shape index (κ3) is 6.18. The van der Waals surface area contributed by atoms with Crippen LogP contribution in [-0.2, 0) is 0 Å². The molecule has 0 amide bonds. The van der Waals surface area contributed by atoms with E-state index < -0.39 is 0 Å². The molecule has 0 aromatic heterocycles. The fourth-order valence-electron chi connectivity index (χ4n) is 0.554. The minimum absolute atomic E-state index is 0. The number of hydrogen-bond donors (Lipinski definition) is 0. The topological polar surface area (TPSA) is 23.8 Å². The molecule has 1 aromatic carbocycles. The summed E-state index contributed by atoms with van der Waals surface area (Å²) in [6.07, 6.45) is 0. The maximum atomic E-state index is 7.09. The summed E-state index contributed by atoms with van der Waals surface area (Å²) in [4.78, 5) is 0. The summed E-state index contributed by atoms with van der Waals surface area (Å²) in [6, 6.07) is 7.44. The SMILES string of the molecule is Cc1ccc([NH-])cc1.[Rb+].[Rb+]. The van der Waals surface area contributed by atoms with E-state index in [1.54, 1.807) is 12.1 Å². The Labute approximate surface area is 160 Å². The second-order valence-corrected chi connectivity index (χ2v) is 1.87. The van der Waals surface area contributed by atoms with E-state index in [0.717, 1.165) is 0 Å². The number of rotatable bonds is 0. The molecule has 0 spiro atoms. The van der Waals surface area contributed by atoms with Gasteiger partial charge >= 0.3 is 116 Å². The second-order valence-electron chi connectivity index (χ2n) is 1.87. The van der Waals surface area contributed by atoms with Gasteiger partial charge in [-0.05, 0) is 6.92 Å². The molecule has 0 aliphatic rings. The van der Waals surface area contributed by atoms with Gasteiger partial charge in [0.2, 0.25) is 0 Å². The average molecular weight is 277 g/mol. The Bertz CT molecular complexity index is 150. The predicted molar refractivity (Wildman–Crippen MR) is 35.2 cm³/mol. The van der Waals surface area contributed by atoms with E-state index in [2.05, 4.69) is 0 Å². The molecular formula is C7H8NRb2+. The normalized spacial score (nSPS) is 7.30. The van der Waals surface area contributed by atoms with Crippen molar-refractivity contribution in [1.29, 1.82) is 0 Å². The molecule has 1 rings (SSSR count). The molecule has 0 saturated carbocycles. The zero-order valence-corrected chi connectivity index (χ0v) is 16.6. The van der Waals surface area contributed by atoms with E-state index in [1.807, 2.05) is 19.1 Å². The molecule has 0 aliphatic heterocycles. The summed E-state index contributed by atoms with van der Waals surface area (Å²) >= 11 is 0. The van der Waals surface area contributed by atoms with Gasteiger partial charge in [-0.25, -0.2) is 0 Å². The molecule has 0 heterocycles. The van der Waals surface area contributed by atoms with E-state index in [1.165, 1.54) is 5.56 Å². The van der Waals surface area contributed by atoms with Crippen LogP contribution >= 0.6 is 0 Å². The van der Waals surface area contributed by atoms with Gasteiger partial charge in [0.05, 0.1) is 0 Å². The summed E-state index contributed by atoms with van der Waals surface area (Å²) in [5.74, 6) is 0. The number of benzene rings is 1. The van der Waals surface area contributed by atoms with Gasteiger partial charge in [-0.1, -0.05) is 29.8 Å². The maximum Gasteiger partial charge on any atom is 1.00 e. The molecule has 0 aliphatic carbocycles. The second kappa shape index (κ2) is 8.24. The van der Waals surface area contributed by atoms with Crippen molar-refractivity contribution in [3.8, 4) is 0 Å². The first kappa shape index (κ1) is 15.1. The quantitative estimate of drug-likeness (QED) is 0.474. The maximum absolute atomic E-state index is 7.09. The van der Waals surface area contributed by atoms with Crippen molar-refractivity contribution in [2.75, 3.05) is 0 Å². The van der Waals surface area contributed by atoms with Gasteiger partial charge in [0, 0.05) is 0 Å². The largest absolute Gasteiger partial charge is 1.00 e. The first-order valence-electron chi connectivity index (χ1n) is 2.57. The summed E-state index contributed by atoms with van der Waals surface area (Å²) in [6.45, 7) is 2.01. The van der Waals surface area contributed by atoms with Crippen molar-refractivity contribution in [3.63, 3.8) is 0 Å². The minimum Gasteiger partial charge on any atom is -0.699 e. The summed E-state index contributed by atoms with van der Waals surface area (Å²) in [5.41, 5.74) is 8.88. The third-order valence-corrected chi connectivity index (χ3v) is 1.05. The molecule has 1 aromatic rings. The van der Waals surface area contributed by atoms with Crippen molar-refractivity contribution in [2.45, 2.75) is 6.92 Å². The summed E-state index contributed by atoms with van der Waals surface area (Å²) in [7, 11) is 0. The predicted octanol–water partition coefficient (Wildman–Crippen LogP) is -3.31. The molecule has 0 fully saturated rings. The van der Waals surface area contributed by atoms with Crippen LogP contribution in [0.15, 0.2) is 24.3 Å². The summed E-state index contributed by atoms with van der Waals surface area (Å²) < 4.78 is 0. The Morgan fingerprint density at radius 1 is 1.00 bits per heavy atom. The Morgan fingerprint density at radius 3 is 1.70 bits per heavy atom. The molecule has 0 unspecified atom stereocenters. The molecular weight excluding hydrogens is 269 g/mol. The van der Waals surface area contributed by atoms with E-state index in [0.29, 0.717) is 5.69 Å². The van der Waals surface area contributed by atoms with Gasteiger partial charge in [0.15, 0.2) is 0 Å². The van der Waals surface area contributed by atoms with Gasteiger partial charge < -0.3 is 5.73 Å². The van der Waals surface area contributed by atoms with Crippen LogP contribution in [0.5, 0.6) is 0 Å². The first-order valence-corrected chi connectivity index (χ1v) is 2.57. The van der Waals surface area contributed by atoms with Crippen LogP contribution in [0.1, 0.15) is 5.56 Å². The average Bonchev–Trinajstić information content (AvgIpc) is 1.77. The van der Waals surface area contributed by atoms with Gasteiger partial charge in [0.1, 0.15) is 0 Å². The van der Waals surface area contributed by atoms with Gasteiger partial charge in [-0.2, -0.15) is 0 Å². The zero-order chi connectivity index (χ0) is 5.98. The number of hydrogen-bond acceptors (Lipinski definition) is 0. The molecule has 0 atom stereocenters. The fourth-order valence-corrected chi connectivity index (χ4v) is 0.554. The Kier molecular flexibility index (Phi) is 12.5. The Morgan fingerprint density at radius 2 is 1.40 bits per heavy atom. The van der Waals surface area contributed by atoms with Gasteiger partial charge in [0.25, 0.3) is 0 Å². The molecule has 0 bridgehead atoms. The number of aryl methyl sites for hydroxylation is 1. The minimum atomic E-state index is 0. The molecule has 1 N–H and O–H groups in total. The van der Waals surface area contributed by atoms with Crippen LogP contribution in [0.25, 0.3) is 5.73 Å². The van der Waals surface area contributed by atoms with Crippen molar-refractivity contribution < 1.29 is 116 Å². The van der Waals surface area contributed by atoms with Crippen LogP contribution in [-0.4, -0.2) is 0 Å². The number of nitrogens with one attached hydrogen (secondary N) is 1. The molecule has 0 saturated heterocycles. The van der Waals surface area contributed by atoms with Crippen LogP contribution < -0.4 is 116 Å². The molecule has 1 nitrogen and oxygen atoms in total. The monoisotopic (exact) mass is 276 g/mol. The van der Waals surface area contributed by atoms with Crippen molar-refractivity contribution >= 4 is 5.69 Å². The Balaban J connectivity index is 0. The van der Waals surface area contributed by atoms with Gasteiger partial charge in [-0.3, -0.25) is 0 Å². The fraction of sp³-hybridized carbons (Fsp3) is 0.143. The molecule has 0 radical (unpaired) electrons. The van der Waals surface area contributed by atoms with Crippen molar-refractivity contribution in [3.05, 3.63) is 35.6 Å². The smallest absolute Gasteiger partial charge is 0.699 e. The van der Waals surface area contributed by atoms with Crippen LogP contribution in [0.4, 0.5) is 5.69 Å². The van der Waals surface area contributed by atoms with Crippen LogP contribution in [0.3, 0.4) is 0 Å². The molecule has 42 valence electrons. The van der Waals surface area contributed by atoms with E-state index in [-0.39, 0.29) is 116 Å². The van der Waals surface area contributed by atoms with Crippen LogP contribution in [0.2, 0.25) is 0 Å². The van der Waals surface area contributed by atoms with Crippen molar-refractivity contribution in [1.82, 2.24) is 0 Å². The zero-order valence-electron chi connectivity index (χ0n) is 6.81. The third-order valence-electron chi connectivity index (χ3n) is 1.05. The standard InChI is InChI=1S/C7H8N.2Rb/c1-6-2-4-7(8)5-3-6;;/h2-5,8H,1H3;;/q-1;2*+1. The first-order chi connectivity index (χ1) is 3.79. The molecule has 10 heavy (non-hydrogen) atoms. The van der Waals surface area contributed by atoms with E-state index in [9.17, 15) is 0 Å². The summed E-state index contributed by atoms with van der Waals surface area (Å²) in [5, 5.41) is 0. The molecule has 3 heteroatoms.